The number of halogens is 1. The summed E-state index contributed by atoms with van der Waals surface area (Å²) in [5, 5.41) is 9.75. The van der Waals surface area contributed by atoms with E-state index >= 15 is 0 Å². The van der Waals surface area contributed by atoms with Gasteiger partial charge < -0.3 is 4.43 Å². The van der Waals surface area contributed by atoms with Crippen LogP contribution in [0.5, 0.6) is 5.75 Å². The van der Waals surface area contributed by atoms with Crippen LogP contribution in [0.3, 0.4) is 0 Å². The van der Waals surface area contributed by atoms with Gasteiger partial charge in [0.25, 0.3) is 5.02 Å². The maximum absolute atomic E-state index is 7.84. The predicted octanol–water partition coefficient (Wildman–Crippen LogP) is 10.2. The molecule has 1 nitrogen and oxygen atoms in total. The SMILES string of the molecule is CC(C)(C)[Si](Oc1ccc2ccccc2c1-c1c2c(cc3ccccc13)-c1ccccc1[Cl+]2)(c1ccccc1)c1ccccc1. The van der Waals surface area contributed by atoms with Crippen LogP contribution in [0.1, 0.15) is 20.8 Å². The standard InChI is InChI=1S/C42H34ClOSi/c1-42(2,3)45(31-18-6-4-7-19-31,32-20-8-5-9-21-32)44-38-27-26-29-16-10-12-22-33(29)39(38)40-34-23-13-11-17-30(34)28-36-35-24-14-15-25-37(35)43-41(36)40/h4-28H,1-3H3/q+1. The normalized spacial score (nSPS) is 12.7. The van der Waals surface area contributed by atoms with E-state index in [0.29, 0.717) is 0 Å². The molecule has 218 valence electrons. The summed E-state index contributed by atoms with van der Waals surface area (Å²) >= 11 is 0. The largest absolute Gasteiger partial charge is 0.534 e. The minimum atomic E-state index is -2.91. The molecule has 0 bridgehead atoms. The molecule has 7 aromatic rings. The Morgan fingerprint density at radius 2 is 1.07 bits per heavy atom. The van der Waals surface area contributed by atoms with Crippen molar-refractivity contribution in [1.82, 2.24) is 0 Å². The lowest BCUT2D eigenvalue weighted by molar-refractivity contribution is -0.527. The van der Waals surface area contributed by atoms with Gasteiger partial charge >= 0.3 is 8.32 Å². The van der Waals surface area contributed by atoms with Crippen LogP contribution in [-0.4, -0.2) is 8.32 Å². The predicted molar refractivity (Wildman–Crippen MR) is 189 cm³/mol. The van der Waals surface area contributed by atoms with E-state index < -0.39 is 8.32 Å². The Bertz CT molecular complexity index is 2160. The van der Waals surface area contributed by atoms with Crippen LogP contribution in [0, 0.1) is 10.8 Å². The summed E-state index contributed by atoms with van der Waals surface area (Å²) in [5.74, 6) is 0.934. The Labute approximate surface area is 270 Å². The zero-order chi connectivity index (χ0) is 30.6. The van der Waals surface area contributed by atoms with E-state index in [1.165, 1.54) is 58.7 Å². The third kappa shape index (κ3) is 4.43. The summed E-state index contributed by atoms with van der Waals surface area (Å²) in [6.45, 7) is 7.04. The molecule has 0 spiro atoms. The summed E-state index contributed by atoms with van der Waals surface area (Å²) in [5.41, 5.74) is 4.95. The molecule has 3 heteroatoms. The van der Waals surface area contributed by atoms with E-state index in [2.05, 4.69) is 183 Å². The van der Waals surface area contributed by atoms with Gasteiger partial charge in [-0.15, -0.1) is 0 Å². The van der Waals surface area contributed by atoms with Gasteiger partial charge in [-0.2, -0.15) is 0 Å². The molecule has 0 aliphatic carbocycles. The highest BCUT2D eigenvalue weighted by molar-refractivity contribution is 7.00. The lowest BCUT2D eigenvalue weighted by atomic mass is 9.90. The quantitative estimate of drug-likeness (QED) is 0.175. The van der Waals surface area contributed by atoms with Crippen molar-refractivity contribution < 1.29 is 15.2 Å². The fraction of sp³-hybridized carbons (Fsp3) is 0.0952. The van der Waals surface area contributed by atoms with Crippen molar-refractivity contribution in [2.75, 3.05) is 0 Å². The van der Waals surface area contributed by atoms with Gasteiger partial charge in [0.1, 0.15) is 5.75 Å². The number of rotatable bonds is 5. The minimum absolute atomic E-state index is 0.166. The molecule has 1 aliphatic heterocycles. The first-order valence-corrected chi connectivity index (χ1v) is 18.2. The van der Waals surface area contributed by atoms with Gasteiger partial charge in [-0.05, 0) is 55.2 Å². The number of hydrogen-bond donors (Lipinski definition) is 0. The minimum Gasteiger partial charge on any atom is -0.534 e. The lowest BCUT2D eigenvalue weighted by Gasteiger charge is -2.43. The van der Waals surface area contributed by atoms with E-state index in [1.807, 2.05) is 0 Å². The van der Waals surface area contributed by atoms with Crippen molar-refractivity contribution in [3.63, 3.8) is 0 Å². The molecule has 0 saturated carbocycles. The van der Waals surface area contributed by atoms with E-state index in [9.17, 15) is 0 Å². The third-order valence-electron chi connectivity index (χ3n) is 9.17. The van der Waals surface area contributed by atoms with E-state index in [0.717, 1.165) is 11.3 Å². The second kappa shape index (κ2) is 10.8. The fourth-order valence-electron chi connectivity index (χ4n) is 7.13. The van der Waals surface area contributed by atoms with Gasteiger partial charge in [-0.1, -0.05) is 148 Å². The van der Waals surface area contributed by atoms with Gasteiger partial charge in [-0.3, -0.25) is 0 Å². The maximum atomic E-state index is 7.84. The molecule has 0 atom stereocenters. The maximum Gasteiger partial charge on any atom is 0.319 e. The van der Waals surface area contributed by atoms with Gasteiger partial charge in [0.15, 0.2) is 0 Å². The van der Waals surface area contributed by atoms with Gasteiger partial charge in [0.05, 0.1) is 16.7 Å². The topological polar surface area (TPSA) is 9.23 Å². The number of fused-ring (bicyclic) bond motifs is 5. The van der Waals surface area contributed by atoms with E-state index in [4.69, 9.17) is 4.43 Å². The molecule has 0 saturated heterocycles. The summed E-state index contributed by atoms with van der Waals surface area (Å²) in [4.78, 5) is 0. The van der Waals surface area contributed by atoms with Gasteiger partial charge in [-0.25, -0.2) is 0 Å². The molecule has 0 aromatic heterocycles. The van der Waals surface area contributed by atoms with Crippen LogP contribution in [0.25, 0.3) is 43.8 Å². The number of hydrogen-bond acceptors (Lipinski definition) is 1. The molecule has 0 unspecified atom stereocenters. The summed E-state index contributed by atoms with van der Waals surface area (Å²) < 4.78 is 7.84. The van der Waals surface area contributed by atoms with E-state index in [-0.39, 0.29) is 5.04 Å². The van der Waals surface area contributed by atoms with Crippen molar-refractivity contribution in [3.05, 3.63) is 162 Å². The van der Waals surface area contributed by atoms with Crippen molar-refractivity contribution in [3.8, 4) is 28.0 Å². The monoisotopic (exact) mass is 617 g/mol. The van der Waals surface area contributed by atoms with Crippen molar-refractivity contribution >= 4 is 40.2 Å². The van der Waals surface area contributed by atoms with Crippen LogP contribution < -0.4 is 14.8 Å². The molecule has 7 aromatic carbocycles. The molecular weight excluding hydrogens is 584 g/mol. The molecular formula is C42H34ClOSi+. The summed E-state index contributed by atoms with van der Waals surface area (Å²) in [6.07, 6.45) is 0. The third-order valence-corrected chi connectivity index (χ3v) is 15.2. The Kier molecular flexibility index (Phi) is 6.67. The summed E-state index contributed by atoms with van der Waals surface area (Å²) in [6, 6.07) is 55.0. The van der Waals surface area contributed by atoms with Crippen LogP contribution in [0.15, 0.2) is 152 Å². The fourth-order valence-corrected chi connectivity index (χ4v) is 12.7. The molecule has 45 heavy (non-hydrogen) atoms. The second-order valence-electron chi connectivity index (χ2n) is 12.8. The Morgan fingerprint density at radius 3 is 1.73 bits per heavy atom. The van der Waals surface area contributed by atoms with Crippen LogP contribution in [0.4, 0.5) is 0 Å². The zero-order valence-corrected chi connectivity index (χ0v) is 27.5. The molecule has 0 fully saturated rings. The van der Waals surface area contributed by atoms with Gasteiger partial charge in [0.2, 0.25) is 15.8 Å². The Hall–Kier alpha value is -4.63. The van der Waals surface area contributed by atoms with Gasteiger partial charge in [0, 0.05) is 11.6 Å². The zero-order valence-electron chi connectivity index (χ0n) is 25.7. The molecule has 1 aliphatic rings. The number of benzene rings is 7. The van der Waals surface area contributed by atoms with Crippen molar-refractivity contribution in [2.24, 2.45) is 0 Å². The Balaban J connectivity index is 1.48. The highest BCUT2D eigenvalue weighted by Gasteiger charge is 2.52. The Morgan fingerprint density at radius 1 is 0.511 bits per heavy atom. The van der Waals surface area contributed by atoms with Crippen LogP contribution >= 0.6 is 0 Å². The molecule has 8 rings (SSSR count). The smallest absolute Gasteiger partial charge is 0.319 e. The molecule has 1 heterocycles. The highest BCUT2D eigenvalue weighted by atomic mass is 35.5. The first-order valence-electron chi connectivity index (χ1n) is 15.6. The highest BCUT2D eigenvalue weighted by Crippen LogP contribution is 2.52. The van der Waals surface area contributed by atoms with E-state index in [1.54, 1.807) is 0 Å². The van der Waals surface area contributed by atoms with Crippen LogP contribution in [-0.2, 0) is 0 Å². The molecule has 0 radical (unpaired) electrons. The molecule has 0 amide bonds. The average molecular weight is 618 g/mol. The first-order chi connectivity index (χ1) is 22.0. The van der Waals surface area contributed by atoms with Crippen LogP contribution in [0.2, 0.25) is 15.1 Å². The average Bonchev–Trinajstić information content (AvgIpc) is 3.44. The molecule has 0 N–H and O–H groups in total. The van der Waals surface area contributed by atoms with Crippen molar-refractivity contribution in [2.45, 2.75) is 25.8 Å². The summed E-state index contributed by atoms with van der Waals surface area (Å²) in [7, 11) is -0.371. The van der Waals surface area contributed by atoms with Crippen molar-refractivity contribution in [1.29, 1.82) is 0 Å². The second-order valence-corrected chi connectivity index (χ2v) is 18.0. The lowest BCUT2D eigenvalue weighted by Crippen LogP contribution is -2.68. The first kappa shape index (κ1) is 27.9.